The number of aromatic nitrogens is 2. The van der Waals surface area contributed by atoms with Gasteiger partial charge in [0.25, 0.3) is 5.91 Å². The Labute approximate surface area is 162 Å². The molecule has 0 aliphatic heterocycles. The van der Waals surface area contributed by atoms with Crippen LogP contribution in [0.15, 0.2) is 79.3 Å². The number of amides is 1. The number of anilines is 3. The molecule has 0 radical (unpaired) electrons. The van der Waals surface area contributed by atoms with Crippen molar-refractivity contribution in [1.82, 2.24) is 9.97 Å². The summed E-state index contributed by atoms with van der Waals surface area (Å²) in [6, 6.07) is 18.8. The molecule has 28 heavy (non-hydrogen) atoms. The van der Waals surface area contributed by atoms with Gasteiger partial charge >= 0.3 is 0 Å². The molecular weight excluding hydrogens is 352 g/mol. The van der Waals surface area contributed by atoms with Crippen LogP contribution >= 0.6 is 0 Å². The van der Waals surface area contributed by atoms with Crippen molar-refractivity contribution >= 4 is 33.9 Å². The number of fused-ring (bicyclic) bond motifs is 1. The maximum atomic E-state index is 12.7. The number of para-hydroxylation sites is 1. The minimum Gasteiger partial charge on any atom is -0.497 e. The van der Waals surface area contributed by atoms with E-state index in [0.717, 1.165) is 22.3 Å². The molecule has 0 bridgehead atoms. The lowest BCUT2D eigenvalue weighted by atomic mass is 10.1. The maximum absolute atomic E-state index is 12.7. The first-order chi connectivity index (χ1) is 13.7. The van der Waals surface area contributed by atoms with Gasteiger partial charge in [0, 0.05) is 23.5 Å². The fourth-order valence-corrected chi connectivity index (χ4v) is 2.87. The molecule has 0 unspecified atom stereocenters. The first-order valence-corrected chi connectivity index (χ1v) is 8.74. The van der Waals surface area contributed by atoms with E-state index in [1.165, 1.54) is 6.20 Å². The summed E-state index contributed by atoms with van der Waals surface area (Å²) in [4.78, 5) is 21.3. The Kier molecular flexibility index (Phi) is 4.84. The van der Waals surface area contributed by atoms with Crippen molar-refractivity contribution in [2.24, 2.45) is 0 Å². The third-order valence-corrected chi connectivity index (χ3v) is 4.26. The van der Waals surface area contributed by atoms with E-state index < -0.39 is 0 Å². The van der Waals surface area contributed by atoms with E-state index in [4.69, 9.17) is 4.74 Å². The summed E-state index contributed by atoms with van der Waals surface area (Å²) >= 11 is 0. The Bertz CT molecular complexity index is 1120. The zero-order valence-electron chi connectivity index (χ0n) is 15.2. The number of hydrogen-bond donors (Lipinski definition) is 2. The molecule has 0 aliphatic rings. The zero-order chi connectivity index (χ0) is 19.3. The van der Waals surface area contributed by atoms with Crippen LogP contribution in [0.1, 0.15) is 10.4 Å². The summed E-state index contributed by atoms with van der Waals surface area (Å²) in [5, 5.41) is 7.12. The predicted octanol–water partition coefficient (Wildman–Crippen LogP) is 4.63. The lowest BCUT2D eigenvalue weighted by Crippen LogP contribution is -2.13. The highest BCUT2D eigenvalue weighted by atomic mass is 16.5. The van der Waals surface area contributed by atoms with Gasteiger partial charge in [-0.2, -0.15) is 0 Å². The second-order valence-corrected chi connectivity index (χ2v) is 6.15. The summed E-state index contributed by atoms with van der Waals surface area (Å²) in [7, 11) is 1.62. The van der Waals surface area contributed by atoms with Crippen LogP contribution in [-0.2, 0) is 0 Å². The number of rotatable bonds is 5. The number of nitrogens with one attached hydrogen (secondary N) is 2. The number of ether oxygens (including phenoxy) is 1. The molecule has 4 aromatic rings. The van der Waals surface area contributed by atoms with E-state index in [-0.39, 0.29) is 5.91 Å². The fourth-order valence-electron chi connectivity index (χ4n) is 2.87. The van der Waals surface area contributed by atoms with Crippen molar-refractivity contribution in [3.05, 3.63) is 84.8 Å². The lowest BCUT2D eigenvalue weighted by Gasteiger charge is -2.10. The Hall–Kier alpha value is -3.93. The van der Waals surface area contributed by atoms with Crippen molar-refractivity contribution < 1.29 is 9.53 Å². The second kappa shape index (κ2) is 7.75. The monoisotopic (exact) mass is 370 g/mol. The average molecular weight is 370 g/mol. The van der Waals surface area contributed by atoms with Gasteiger partial charge in [0.1, 0.15) is 5.75 Å². The molecule has 2 aromatic heterocycles. The van der Waals surface area contributed by atoms with Crippen molar-refractivity contribution in [2.75, 3.05) is 17.7 Å². The molecule has 0 saturated heterocycles. The first kappa shape index (κ1) is 17.5. The van der Waals surface area contributed by atoms with E-state index in [0.29, 0.717) is 16.9 Å². The van der Waals surface area contributed by atoms with Crippen molar-refractivity contribution in [3.63, 3.8) is 0 Å². The molecule has 0 aliphatic carbocycles. The molecule has 1 amide bonds. The average Bonchev–Trinajstić information content (AvgIpc) is 2.75. The standard InChI is InChI=1S/C22H18N4O2/c1-28-19-9-7-17(8-10-19)25-18-12-16(13-23-14-18)22(27)26-20-6-2-4-15-5-3-11-24-21(15)20/h2-14,25H,1H3,(H,26,27). The van der Waals surface area contributed by atoms with E-state index in [1.54, 1.807) is 25.6 Å². The van der Waals surface area contributed by atoms with Gasteiger partial charge < -0.3 is 15.4 Å². The molecule has 2 aromatic carbocycles. The molecule has 0 spiro atoms. The number of methoxy groups -OCH3 is 1. The Morgan fingerprint density at radius 3 is 2.61 bits per heavy atom. The summed E-state index contributed by atoms with van der Waals surface area (Å²) in [5.41, 5.74) is 3.45. The van der Waals surface area contributed by atoms with Crippen LogP contribution in [-0.4, -0.2) is 23.0 Å². The summed E-state index contributed by atoms with van der Waals surface area (Å²) in [5.74, 6) is 0.532. The number of carbonyl (C=O) groups is 1. The maximum Gasteiger partial charge on any atom is 0.257 e. The van der Waals surface area contributed by atoms with Gasteiger partial charge in [0.05, 0.1) is 35.8 Å². The number of hydrogen-bond acceptors (Lipinski definition) is 5. The van der Waals surface area contributed by atoms with Crippen LogP contribution in [0.2, 0.25) is 0 Å². The van der Waals surface area contributed by atoms with E-state index >= 15 is 0 Å². The third kappa shape index (κ3) is 3.76. The SMILES string of the molecule is COc1ccc(Nc2cncc(C(=O)Nc3cccc4cccnc34)c2)cc1. The van der Waals surface area contributed by atoms with Crippen LogP contribution < -0.4 is 15.4 Å². The van der Waals surface area contributed by atoms with Crippen LogP contribution in [0, 0.1) is 0 Å². The number of nitrogens with zero attached hydrogens (tertiary/aromatic N) is 2. The topological polar surface area (TPSA) is 76.1 Å². The van der Waals surface area contributed by atoms with Crippen molar-refractivity contribution in [3.8, 4) is 5.75 Å². The fraction of sp³-hybridized carbons (Fsp3) is 0.0455. The molecule has 4 rings (SSSR count). The summed E-state index contributed by atoms with van der Waals surface area (Å²) < 4.78 is 5.16. The van der Waals surface area contributed by atoms with Gasteiger partial charge in [-0.25, -0.2) is 0 Å². The molecule has 138 valence electrons. The number of pyridine rings is 2. The lowest BCUT2D eigenvalue weighted by molar-refractivity contribution is 0.102. The summed E-state index contributed by atoms with van der Waals surface area (Å²) in [6.07, 6.45) is 4.91. The van der Waals surface area contributed by atoms with Gasteiger partial charge in [-0.05, 0) is 42.5 Å². The Morgan fingerprint density at radius 1 is 0.964 bits per heavy atom. The second-order valence-electron chi connectivity index (χ2n) is 6.15. The molecule has 6 nitrogen and oxygen atoms in total. The minimum absolute atomic E-state index is 0.246. The highest BCUT2D eigenvalue weighted by molar-refractivity contribution is 6.08. The van der Waals surface area contributed by atoms with E-state index in [9.17, 15) is 4.79 Å². The van der Waals surface area contributed by atoms with Gasteiger partial charge in [-0.1, -0.05) is 18.2 Å². The minimum atomic E-state index is -0.246. The Morgan fingerprint density at radius 2 is 1.79 bits per heavy atom. The van der Waals surface area contributed by atoms with Crippen LogP contribution in [0.25, 0.3) is 10.9 Å². The van der Waals surface area contributed by atoms with Crippen LogP contribution in [0.4, 0.5) is 17.1 Å². The van der Waals surface area contributed by atoms with Gasteiger partial charge in [-0.15, -0.1) is 0 Å². The van der Waals surface area contributed by atoms with Crippen molar-refractivity contribution in [2.45, 2.75) is 0 Å². The molecule has 0 saturated carbocycles. The zero-order valence-corrected chi connectivity index (χ0v) is 15.2. The normalized spacial score (nSPS) is 10.5. The molecule has 6 heteroatoms. The largest absolute Gasteiger partial charge is 0.497 e. The molecule has 2 heterocycles. The van der Waals surface area contributed by atoms with E-state index in [2.05, 4.69) is 20.6 Å². The molecule has 2 N–H and O–H groups in total. The van der Waals surface area contributed by atoms with Crippen LogP contribution in [0.5, 0.6) is 5.75 Å². The number of carbonyl (C=O) groups excluding carboxylic acids is 1. The van der Waals surface area contributed by atoms with Crippen LogP contribution in [0.3, 0.4) is 0 Å². The molecular formula is C22H18N4O2. The Balaban J connectivity index is 1.54. The first-order valence-electron chi connectivity index (χ1n) is 8.74. The molecule has 0 fully saturated rings. The summed E-state index contributed by atoms with van der Waals surface area (Å²) in [6.45, 7) is 0. The van der Waals surface area contributed by atoms with Gasteiger partial charge in [-0.3, -0.25) is 14.8 Å². The third-order valence-electron chi connectivity index (χ3n) is 4.26. The quantitative estimate of drug-likeness (QED) is 0.535. The van der Waals surface area contributed by atoms with Crippen molar-refractivity contribution in [1.29, 1.82) is 0 Å². The van der Waals surface area contributed by atoms with Gasteiger partial charge in [0.2, 0.25) is 0 Å². The number of benzene rings is 2. The van der Waals surface area contributed by atoms with Gasteiger partial charge in [0.15, 0.2) is 0 Å². The van der Waals surface area contributed by atoms with E-state index in [1.807, 2.05) is 54.6 Å². The highest BCUT2D eigenvalue weighted by Crippen LogP contribution is 2.23. The smallest absolute Gasteiger partial charge is 0.257 e. The predicted molar refractivity (Wildman–Crippen MR) is 110 cm³/mol. The highest BCUT2D eigenvalue weighted by Gasteiger charge is 2.10. The molecule has 0 atom stereocenters.